The molecule has 5 heteroatoms. The van der Waals surface area contributed by atoms with Crippen LogP contribution in [0.2, 0.25) is 0 Å². The lowest BCUT2D eigenvalue weighted by Crippen LogP contribution is -2.29. The van der Waals surface area contributed by atoms with Crippen molar-refractivity contribution in [3.63, 3.8) is 0 Å². The third kappa shape index (κ3) is 2.75. The van der Waals surface area contributed by atoms with E-state index in [1.165, 1.54) is 23.1 Å². The molecule has 1 aromatic carbocycles. The summed E-state index contributed by atoms with van der Waals surface area (Å²) in [4.78, 5) is 24.2. The Balaban J connectivity index is 2.08. The zero-order valence-corrected chi connectivity index (χ0v) is 13.0. The molecule has 1 heterocycles. The van der Waals surface area contributed by atoms with Crippen molar-refractivity contribution in [3.05, 3.63) is 39.8 Å². The van der Waals surface area contributed by atoms with Gasteiger partial charge in [0.05, 0.1) is 17.7 Å². The van der Waals surface area contributed by atoms with Gasteiger partial charge in [0.15, 0.2) is 0 Å². The first kappa shape index (κ1) is 14.8. The highest BCUT2D eigenvalue weighted by atomic mass is 16.5. The molecule has 0 atom stereocenters. The minimum Gasteiger partial charge on any atom is -0.465 e. The van der Waals surface area contributed by atoms with Crippen LogP contribution < -0.4 is 5.56 Å². The predicted molar refractivity (Wildman–Crippen MR) is 84.0 cm³/mol. The van der Waals surface area contributed by atoms with E-state index in [2.05, 4.69) is 11.2 Å². The van der Waals surface area contributed by atoms with Crippen LogP contribution in [0.1, 0.15) is 43.9 Å². The summed E-state index contributed by atoms with van der Waals surface area (Å²) in [7, 11) is 0. The summed E-state index contributed by atoms with van der Waals surface area (Å²) in [6.45, 7) is 3.91. The Kier molecular flexibility index (Phi) is 3.96. The first-order valence-electron chi connectivity index (χ1n) is 7.83. The van der Waals surface area contributed by atoms with Gasteiger partial charge in [0.2, 0.25) is 0 Å². The van der Waals surface area contributed by atoms with Crippen molar-refractivity contribution in [3.8, 4) is 0 Å². The van der Waals surface area contributed by atoms with Gasteiger partial charge in [-0.25, -0.2) is 4.68 Å². The van der Waals surface area contributed by atoms with Gasteiger partial charge in [-0.1, -0.05) is 13.0 Å². The Labute approximate surface area is 128 Å². The first-order chi connectivity index (χ1) is 10.6. The molecular formula is C17H20N2O3. The zero-order chi connectivity index (χ0) is 15.7. The van der Waals surface area contributed by atoms with E-state index in [0.717, 1.165) is 11.1 Å². The summed E-state index contributed by atoms with van der Waals surface area (Å²) in [6, 6.07) is 5.98. The number of carbonyl (C=O) groups excluding carboxylic acids is 1. The highest BCUT2D eigenvalue weighted by Gasteiger charge is 2.24. The molecule has 1 saturated carbocycles. The number of aromatic nitrogens is 2. The van der Waals surface area contributed by atoms with Crippen LogP contribution in [0.25, 0.3) is 10.8 Å². The average Bonchev–Trinajstić information content (AvgIpc) is 3.34. The number of fused-ring (bicyclic) bond motifs is 1. The fourth-order valence-electron chi connectivity index (χ4n) is 2.74. The van der Waals surface area contributed by atoms with Crippen molar-refractivity contribution >= 4 is 16.7 Å². The number of rotatable bonds is 5. The van der Waals surface area contributed by atoms with E-state index in [9.17, 15) is 9.59 Å². The summed E-state index contributed by atoms with van der Waals surface area (Å²) in [6.07, 6.45) is 3.16. The van der Waals surface area contributed by atoms with Crippen molar-refractivity contribution in [1.29, 1.82) is 0 Å². The van der Waals surface area contributed by atoms with Gasteiger partial charge < -0.3 is 4.74 Å². The second-order valence-corrected chi connectivity index (χ2v) is 5.65. The molecule has 5 nitrogen and oxygen atoms in total. The summed E-state index contributed by atoms with van der Waals surface area (Å²) in [5, 5.41) is 5.90. The number of aryl methyl sites for hydroxylation is 1. The molecule has 0 spiro atoms. The molecule has 1 aliphatic carbocycles. The van der Waals surface area contributed by atoms with Gasteiger partial charge >= 0.3 is 5.97 Å². The molecule has 3 rings (SSSR count). The zero-order valence-electron chi connectivity index (χ0n) is 13.0. The number of hydrogen-bond acceptors (Lipinski definition) is 4. The van der Waals surface area contributed by atoms with E-state index in [0.29, 0.717) is 24.3 Å². The monoisotopic (exact) mass is 300 g/mol. The Hall–Kier alpha value is -2.17. The third-order valence-electron chi connectivity index (χ3n) is 4.03. The van der Waals surface area contributed by atoms with E-state index in [1.54, 1.807) is 6.92 Å². The van der Waals surface area contributed by atoms with Crippen LogP contribution in [0, 0.1) is 0 Å². The quantitative estimate of drug-likeness (QED) is 0.796. The average molecular weight is 300 g/mol. The summed E-state index contributed by atoms with van der Waals surface area (Å²) in [5.74, 6) is 0.198. The van der Waals surface area contributed by atoms with E-state index >= 15 is 0 Å². The lowest BCUT2D eigenvalue weighted by atomic mass is 10.0. The predicted octanol–water partition coefficient (Wildman–Crippen LogP) is 2.40. The van der Waals surface area contributed by atoms with Gasteiger partial charge in [0.1, 0.15) is 6.54 Å². The van der Waals surface area contributed by atoms with Gasteiger partial charge in [-0.3, -0.25) is 9.59 Å². The molecule has 0 aliphatic heterocycles. The molecule has 0 amide bonds. The number of benzene rings is 1. The van der Waals surface area contributed by atoms with Crippen molar-refractivity contribution < 1.29 is 9.53 Å². The van der Waals surface area contributed by atoms with Crippen LogP contribution in [0.4, 0.5) is 0 Å². The summed E-state index contributed by atoms with van der Waals surface area (Å²) in [5.41, 5.74) is 1.90. The van der Waals surface area contributed by atoms with E-state index in [-0.39, 0.29) is 12.1 Å². The number of nitrogens with zero attached hydrogens (tertiary/aromatic N) is 2. The molecular weight excluding hydrogens is 280 g/mol. The highest BCUT2D eigenvalue weighted by Crippen LogP contribution is 2.40. The molecule has 0 N–H and O–H groups in total. The van der Waals surface area contributed by atoms with Gasteiger partial charge in [-0.15, -0.1) is 0 Å². The summed E-state index contributed by atoms with van der Waals surface area (Å²) < 4.78 is 6.12. The first-order valence-corrected chi connectivity index (χ1v) is 7.83. The molecule has 1 fully saturated rings. The maximum atomic E-state index is 12.5. The van der Waals surface area contributed by atoms with E-state index in [4.69, 9.17) is 4.74 Å². The maximum absolute atomic E-state index is 12.5. The fraction of sp³-hybridized carbons (Fsp3) is 0.471. The molecule has 1 aliphatic rings. The highest BCUT2D eigenvalue weighted by molar-refractivity contribution is 5.84. The molecule has 0 radical (unpaired) electrons. The second kappa shape index (κ2) is 5.91. The third-order valence-corrected chi connectivity index (χ3v) is 4.03. The van der Waals surface area contributed by atoms with Crippen LogP contribution in [0.3, 0.4) is 0 Å². The van der Waals surface area contributed by atoms with Crippen LogP contribution >= 0.6 is 0 Å². The van der Waals surface area contributed by atoms with Gasteiger partial charge in [0, 0.05) is 5.39 Å². The van der Waals surface area contributed by atoms with Crippen molar-refractivity contribution in [2.24, 2.45) is 0 Å². The second-order valence-electron chi connectivity index (χ2n) is 5.65. The SMILES string of the molecule is CCOC(=O)Cn1nc(CC)c2cc(C3CC3)ccc2c1=O. The van der Waals surface area contributed by atoms with Crippen molar-refractivity contribution in [2.45, 2.75) is 45.6 Å². The number of carbonyl (C=O) groups is 1. The Bertz CT molecular complexity index is 775. The van der Waals surface area contributed by atoms with Crippen LogP contribution in [-0.4, -0.2) is 22.4 Å². The van der Waals surface area contributed by atoms with Crippen LogP contribution in [-0.2, 0) is 22.5 Å². The molecule has 2 aromatic rings. The normalized spacial score (nSPS) is 14.3. The topological polar surface area (TPSA) is 61.2 Å². The minimum atomic E-state index is -0.437. The lowest BCUT2D eigenvalue weighted by molar-refractivity contribution is -0.144. The number of ether oxygens (including phenoxy) is 1. The van der Waals surface area contributed by atoms with Gasteiger partial charge in [-0.2, -0.15) is 5.10 Å². The number of esters is 1. The maximum Gasteiger partial charge on any atom is 0.327 e. The smallest absolute Gasteiger partial charge is 0.327 e. The standard InChI is InChI=1S/C17H20N2O3/c1-3-15-14-9-12(11-5-6-11)7-8-13(14)17(21)19(18-15)10-16(20)22-4-2/h7-9,11H,3-6,10H2,1-2H3. The van der Waals surface area contributed by atoms with Crippen LogP contribution in [0.15, 0.2) is 23.0 Å². The molecule has 1 aromatic heterocycles. The Morgan fingerprint density at radius 2 is 2.09 bits per heavy atom. The fourth-order valence-corrected chi connectivity index (χ4v) is 2.74. The molecule has 0 bridgehead atoms. The summed E-state index contributed by atoms with van der Waals surface area (Å²) >= 11 is 0. The Morgan fingerprint density at radius 1 is 1.32 bits per heavy atom. The van der Waals surface area contributed by atoms with Crippen LogP contribution in [0.5, 0.6) is 0 Å². The largest absolute Gasteiger partial charge is 0.465 e. The van der Waals surface area contributed by atoms with Gasteiger partial charge in [-0.05, 0) is 49.8 Å². The lowest BCUT2D eigenvalue weighted by Gasteiger charge is -2.10. The van der Waals surface area contributed by atoms with Crippen molar-refractivity contribution in [2.75, 3.05) is 6.61 Å². The van der Waals surface area contributed by atoms with E-state index < -0.39 is 5.97 Å². The van der Waals surface area contributed by atoms with Gasteiger partial charge in [0.25, 0.3) is 5.56 Å². The molecule has 116 valence electrons. The molecule has 0 unspecified atom stereocenters. The molecule has 22 heavy (non-hydrogen) atoms. The van der Waals surface area contributed by atoms with Crippen molar-refractivity contribution in [1.82, 2.24) is 9.78 Å². The van der Waals surface area contributed by atoms with E-state index in [1.807, 2.05) is 19.1 Å². The minimum absolute atomic E-state index is 0.139. The Morgan fingerprint density at radius 3 is 2.73 bits per heavy atom. The molecule has 0 saturated heterocycles. The number of hydrogen-bond donors (Lipinski definition) is 0.